The van der Waals surface area contributed by atoms with Gasteiger partial charge in [0.2, 0.25) is 0 Å². The first-order valence-corrected chi connectivity index (χ1v) is 10.7. The molecule has 3 heterocycles. The molecule has 164 valence electrons. The zero-order chi connectivity index (χ0) is 22.4. The number of aromatic nitrogens is 6. The molecule has 1 atom stereocenters. The highest BCUT2D eigenvalue weighted by Gasteiger charge is 2.32. The monoisotopic (exact) mass is 452 g/mol. The van der Waals surface area contributed by atoms with E-state index in [4.69, 9.17) is 26.8 Å². The van der Waals surface area contributed by atoms with Crippen molar-refractivity contribution in [1.82, 2.24) is 29.7 Å². The van der Waals surface area contributed by atoms with E-state index >= 15 is 0 Å². The van der Waals surface area contributed by atoms with Crippen LogP contribution in [0.2, 0.25) is 5.02 Å². The van der Waals surface area contributed by atoms with E-state index in [1.54, 1.807) is 29.7 Å². The number of fused-ring (bicyclic) bond motifs is 1. The molecule has 0 bridgehead atoms. The maximum atomic E-state index is 13.4. The lowest BCUT2D eigenvalue weighted by molar-refractivity contribution is 0.425. The summed E-state index contributed by atoms with van der Waals surface area (Å²) in [7, 11) is 0. The number of nitrogens with zero attached hydrogens (tertiary/aromatic N) is 6. The molecule has 0 spiro atoms. The van der Waals surface area contributed by atoms with Gasteiger partial charge in [0.15, 0.2) is 5.82 Å². The Kier molecular flexibility index (Phi) is 5.01. The summed E-state index contributed by atoms with van der Waals surface area (Å²) in [5.74, 6) is 1.95. The summed E-state index contributed by atoms with van der Waals surface area (Å²) in [6.45, 7) is 3.72. The third-order valence-electron chi connectivity index (χ3n) is 5.47. The fourth-order valence-electron chi connectivity index (χ4n) is 3.78. The van der Waals surface area contributed by atoms with Crippen LogP contribution in [0.4, 0.5) is 11.6 Å². The van der Waals surface area contributed by atoms with Crippen molar-refractivity contribution in [3.63, 3.8) is 0 Å². The number of anilines is 2. The molecule has 1 saturated carbocycles. The van der Waals surface area contributed by atoms with Gasteiger partial charge in [0.1, 0.15) is 29.4 Å². The van der Waals surface area contributed by atoms with E-state index in [0.717, 1.165) is 12.8 Å². The second-order valence-electron chi connectivity index (χ2n) is 7.74. The van der Waals surface area contributed by atoms with E-state index in [1.807, 2.05) is 6.92 Å². The number of nitrogens with two attached hydrogens (primary N) is 1. The van der Waals surface area contributed by atoms with E-state index in [2.05, 4.69) is 25.4 Å². The highest BCUT2D eigenvalue weighted by molar-refractivity contribution is 6.35. The topological polar surface area (TPSA) is 138 Å². The zero-order valence-corrected chi connectivity index (χ0v) is 18.3. The minimum Gasteiger partial charge on any atom is -0.383 e. The Morgan fingerprint density at radius 3 is 2.81 bits per heavy atom. The smallest absolute Gasteiger partial charge is 0.265 e. The quantitative estimate of drug-likeness (QED) is 0.448. The minimum atomic E-state index is -0.330. The van der Waals surface area contributed by atoms with Crippen LogP contribution < -0.4 is 16.6 Å². The summed E-state index contributed by atoms with van der Waals surface area (Å²) in [5.41, 5.74) is 6.96. The molecule has 5 rings (SSSR count). The van der Waals surface area contributed by atoms with Crippen molar-refractivity contribution in [2.75, 3.05) is 11.1 Å². The molecule has 32 heavy (non-hydrogen) atoms. The van der Waals surface area contributed by atoms with Crippen molar-refractivity contribution in [2.24, 2.45) is 0 Å². The summed E-state index contributed by atoms with van der Waals surface area (Å²) < 4.78 is 7.07. The van der Waals surface area contributed by atoms with Crippen LogP contribution in [0.5, 0.6) is 0 Å². The van der Waals surface area contributed by atoms with Crippen molar-refractivity contribution < 1.29 is 4.52 Å². The molecule has 1 aliphatic rings. The maximum Gasteiger partial charge on any atom is 0.265 e. The van der Waals surface area contributed by atoms with Crippen molar-refractivity contribution >= 4 is 34.1 Å². The number of benzene rings is 1. The third-order valence-corrected chi connectivity index (χ3v) is 5.78. The molecule has 10 nitrogen and oxygen atoms in total. The summed E-state index contributed by atoms with van der Waals surface area (Å²) >= 11 is 6.34. The van der Waals surface area contributed by atoms with E-state index in [9.17, 15) is 4.79 Å². The van der Waals surface area contributed by atoms with Crippen molar-refractivity contribution in [3.05, 3.63) is 51.6 Å². The SMILES string of the molecule is CC[C@@H](Nc1ncnc(N)c1-c1nc(C)no1)c1nc2cccc(Cl)c2c(=O)n1C1CC1. The Hall–Kier alpha value is -3.53. The van der Waals surface area contributed by atoms with Gasteiger partial charge in [-0.2, -0.15) is 4.98 Å². The van der Waals surface area contributed by atoms with E-state index in [1.165, 1.54) is 6.33 Å². The Balaban J connectivity index is 1.64. The molecule has 0 aliphatic heterocycles. The summed E-state index contributed by atoms with van der Waals surface area (Å²) in [4.78, 5) is 30.9. The average molecular weight is 453 g/mol. The Morgan fingerprint density at radius 1 is 1.31 bits per heavy atom. The Bertz CT molecular complexity index is 1380. The molecule has 1 fully saturated rings. The molecule has 3 N–H and O–H groups in total. The van der Waals surface area contributed by atoms with Gasteiger partial charge >= 0.3 is 0 Å². The molecule has 4 aromatic rings. The number of hydrogen-bond acceptors (Lipinski definition) is 9. The van der Waals surface area contributed by atoms with Crippen molar-refractivity contribution in [1.29, 1.82) is 0 Å². The van der Waals surface area contributed by atoms with Crippen molar-refractivity contribution in [3.8, 4) is 11.5 Å². The molecule has 1 aromatic carbocycles. The Labute approximate surface area is 187 Å². The second kappa shape index (κ2) is 7.86. The summed E-state index contributed by atoms with van der Waals surface area (Å²) in [6.07, 6.45) is 3.85. The number of nitrogens with one attached hydrogen (secondary N) is 1. The van der Waals surface area contributed by atoms with E-state index < -0.39 is 0 Å². The van der Waals surface area contributed by atoms with E-state index in [-0.39, 0.29) is 29.4 Å². The molecule has 0 radical (unpaired) electrons. The normalized spacial score (nSPS) is 14.6. The lowest BCUT2D eigenvalue weighted by Crippen LogP contribution is -2.29. The number of aryl methyl sites for hydroxylation is 1. The predicted molar refractivity (Wildman–Crippen MR) is 120 cm³/mol. The molecule has 3 aromatic heterocycles. The van der Waals surface area contributed by atoms with Gasteiger partial charge in [-0.1, -0.05) is 29.7 Å². The number of hydrogen-bond donors (Lipinski definition) is 2. The minimum absolute atomic E-state index is 0.107. The first-order valence-electron chi connectivity index (χ1n) is 10.4. The van der Waals surface area contributed by atoms with Crippen LogP contribution in [0.1, 0.15) is 49.9 Å². The number of nitrogen functional groups attached to an aromatic ring is 1. The molecular weight excluding hydrogens is 432 g/mol. The van der Waals surface area contributed by atoms with Crippen LogP contribution in [0.15, 0.2) is 33.8 Å². The van der Waals surface area contributed by atoms with Gasteiger partial charge in [0.05, 0.1) is 22.0 Å². The van der Waals surface area contributed by atoms with Crippen LogP contribution >= 0.6 is 11.6 Å². The Morgan fingerprint density at radius 2 is 2.12 bits per heavy atom. The van der Waals surface area contributed by atoms with Gasteiger partial charge in [-0.3, -0.25) is 9.36 Å². The molecular formula is C21H21ClN8O2. The number of halogens is 1. The van der Waals surface area contributed by atoms with Crippen LogP contribution in [0, 0.1) is 6.92 Å². The van der Waals surface area contributed by atoms with E-state index in [0.29, 0.717) is 45.4 Å². The fourth-order valence-corrected chi connectivity index (χ4v) is 4.03. The lowest BCUT2D eigenvalue weighted by atomic mass is 10.1. The second-order valence-corrected chi connectivity index (χ2v) is 8.15. The molecule has 1 aliphatic carbocycles. The van der Waals surface area contributed by atoms with Gasteiger partial charge in [-0.15, -0.1) is 0 Å². The lowest BCUT2D eigenvalue weighted by Gasteiger charge is -2.23. The zero-order valence-electron chi connectivity index (χ0n) is 17.5. The van der Waals surface area contributed by atoms with Gasteiger partial charge in [-0.05, 0) is 38.3 Å². The van der Waals surface area contributed by atoms with Crippen molar-refractivity contribution in [2.45, 2.75) is 45.2 Å². The van der Waals surface area contributed by atoms with Gasteiger partial charge in [0, 0.05) is 6.04 Å². The summed E-state index contributed by atoms with van der Waals surface area (Å²) in [5, 5.41) is 8.05. The average Bonchev–Trinajstić information content (AvgIpc) is 3.51. The van der Waals surface area contributed by atoms with Gasteiger partial charge in [-0.25, -0.2) is 15.0 Å². The molecule has 0 saturated heterocycles. The first-order chi connectivity index (χ1) is 15.5. The highest BCUT2D eigenvalue weighted by atomic mass is 35.5. The number of rotatable bonds is 6. The molecule has 0 amide bonds. The standard InChI is InChI=1S/C21H21ClN8O2/c1-3-13(27-18-16(17(23)24-9-25-18)20-26-10(2)29-32-20)19-28-14-6-4-5-12(22)15(14)21(31)30(19)11-7-8-11/h4-6,9,11,13H,3,7-8H2,1-2H3,(H3,23,24,25,27)/t13-/m1/s1. The van der Waals surface area contributed by atoms with Gasteiger partial charge in [0.25, 0.3) is 11.4 Å². The largest absolute Gasteiger partial charge is 0.383 e. The van der Waals surface area contributed by atoms with Crippen LogP contribution in [0.3, 0.4) is 0 Å². The molecule has 0 unspecified atom stereocenters. The van der Waals surface area contributed by atoms with Crippen LogP contribution in [-0.2, 0) is 0 Å². The highest BCUT2D eigenvalue weighted by Crippen LogP contribution is 2.38. The van der Waals surface area contributed by atoms with Gasteiger partial charge < -0.3 is 15.6 Å². The predicted octanol–water partition coefficient (Wildman–Crippen LogP) is 3.68. The summed E-state index contributed by atoms with van der Waals surface area (Å²) in [6, 6.07) is 5.07. The van der Waals surface area contributed by atoms with Crippen LogP contribution in [-0.4, -0.2) is 29.7 Å². The maximum absolute atomic E-state index is 13.4. The fraction of sp³-hybridized carbons (Fsp3) is 0.333. The molecule has 11 heteroatoms. The van der Waals surface area contributed by atoms with Crippen LogP contribution in [0.25, 0.3) is 22.4 Å². The third kappa shape index (κ3) is 3.46. The first kappa shape index (κ1) is 20.4.